The zero-order valence-corrected chi connectivity index (χ0v) is 17.2. The third-order valence-electron chi connectivity index (χ3n) is 5.23. The van der Waals surface area contributed by atoms with Crippen molar-refractivity contribution >= 4 is 22.3 Å². The van der Waals surface area contributed by atoms with Crippen LogP contribution in [0.2, 0.25) is 0 Å². The third kappa shape index (κ3) is 3.84. The van der Waals surface area contributed by atoms with Gasteiger partial charge in [-0.1, -0.05) is 23.5 Å². The van der Waals surface area contributed by atoms with Crippen molar-refractivity contribution in [3.63, 3.8) is 0 Å². The molecule has 1 aromatic carbocycles. The average molecular weight is 418 g/mol. The van der Waals surface area contributed by atoms with Crippen molar-refractivity contribution in [2.75, 3.05) is 19.7 Å². The van der Waals surface area contributed by atoms with E-state index in [4.69, 9.17) is 4.74 Å². The van der Waals surface area contributed by atoms with E-state index in [0.29, 0.717) is 48.2 Å². The second-order valence-electron chi connectivity index (χ2n) is 7.16. The Morgan fingerprint density at radius 1 is 1.41 bits per heavy atom. The van der Waals surface area contributed by atoms with Crippen LogP contribution < -0.4 is 0 Å². The van der Waals surface area contributed by atoms with E-state index in [-0.39, 0.29) is 29.6 Å². The number of thiazole rings is 1. The number of carbonyl (C=O) groups excluding carboxylic acids is 1. The molecule has 154 valence electrons. The fourth-order valence-electron chi connectivity index (χ4n) is 3.88. The molecule has 1 aliphatic heterocycles. The number of hydrogen-bond donors (Lipinski definition) is 1. The first-order chi connectivity index (χ1) is 14.0. The number of nitrogens with zero attached hydrogens (tertiary/aromatic N) is 4. The third-order valence-corrected chi connectivity index (χ3v) is 6.31. The van der Waals surface area contributed by atoms with E-state index in [1.807, 2.05) is 6.07 Å². The highest BCUT2D eigenvalue weighted by Crippen LogP contribution is 2.41. The van der Waals surface area contributed by atoms with Gasteiger partial charge in [0.2, 0.25) is 10.8 Å². The number of rotatable bonds is 5. The standard InChI is InChI=1S/C20H23FN4O3S/c1-3-28-19(27)13-7-9-24(10-8-13)16(14-5-4-6-15(21)11-14)17-18(26)25-20(29-17)22-12(2)23-25/h4-6,11,13,16,26H,3,7-10H2,1-2H3/t16-/m0/s1. The molecule has 0 saturated carbocycles. The number of benzene rings is 1. The molecule has 2 aromatic heterocycles. The van der Waals surface area contributed by atoms with Crippen molar-refractivity contribution in [1.82, 2.24) is 19.5 Å². The molecular formula is C20H23FN4O3S. The van der Waals surface area contributed by atoms with Gasteiger partial charge in [-0.2, -0.15) is 4.52 Å². The van der Waals surface area contributed by atoms with Crippen molar-refractivity contribution in [1.29, 1.82) is 0 Å². The lowest BCUT2D eigenvalue weighted by Crippen LogP contribution is -2.39. The molecule has 4 rings (SSSR count). The van der Waals surface area contributed by atoms with E-state index < -0.39 is 0 Å². The Balaban J connectivity index is 1.67. The van der Waals surface area contributed by atoms with Crippen LogP contribution in [0.4, 0.5) is 4.39 Å². The minimum atomic E-state index is -0.345. The largest absolute Gasteiger partial charge is 0.492 e. The lowest BCUT2D eigenvalue weighted by molar-refractivity contribution is -0.149. The molecule has 1 fully saturated rings. The fourth-order valence-corrected chi connectivity index (χ4v) is 5.05. The summed E-state index contributed by atoms with van der Waals surface area (Å²) in [5.41, 5.74) is 0.746. The number of carbonyl (C=O) groups is 1. The number of fused-ring (bicyclic) bond motifs is 1. The monoisotopic (exact) mass is 418 g/mol. The van der Waals surface area contributed by atoms with Crippen LogP contribution in [0.25, 0.3) is 4.96 Å². The van der Waals surface area contributed by atoms with Crippen molar-refractivity contribution in [2.24, 2.45) is 5.92 Å². The van der Waals surface area contributed by atoms with Crippen LogP contribution in [0.15, 0.2) is 24.3 Å². The second kappa shape index (κ2) is 8.08. The molecule has 29 heavy (non-hydrogen) atoms. The maximum Gasteiger partial charge on any atom is 0.309 e. The number of aromatic hydroxyl groups is 1. The van der Waals surface area contributed by atoms with Gasteiger partial charge in [-0.15, -0.1) is 5.10 Å². The second-order valence-corrected chi connectivity index (χ2v) is 8.17. The van der Waals surface area contributed by atoms with Crippen LogP contribution in [-0.2, 0) is 9.53 Å². The number of esters is 1. The lowest BCUT2D eigenvalue weighted by Gasteiger charge is -2.36. The number of halogens is 1. The van der Waals surface area contributed by atoms with E-state index in [2.05, 4.69) is 15.0 Å². The summed E-state index contributed by atoms with van der Waals surface area (Å²) >= 11 is 1.35. The predicted molar refractivity (Wildman–Crippen MR) is 106 cm³/mol. The number of hydrogen-bond acceptors (Lipinski definition) is 7. The maximum absolute atomic E-state index is 14.0. The first-order valence-corrected chi connectivity index (χ1v) is 10.5. The first kappa shape index (κ1) is 19.8. The van der Waals surface area contributed by atoms with Gasteiger partial charge in [0.25, 0.3) is 0 Å². The van der Waals surface area contributed by atoms with Gasteiger partial charge < -0.3 is 9.84 Å². The quantitative estimate of drug-likeness (QED) is 0.641. The van der Waals surface area contributed by atoms with Crippen molar-refractivity contribution in [3.8, 4) is 5.88 Å². The molecule has 3 aromatic rings. The molecule has 1 saturated heterocycles. The lowest BCUT2D eigenvalue weighted by atomic mass is 9.93. The van der Waals surface area contributed by atoms with Crippen LogP contribution in [-0.4, -0.2) is 50.3 Å². The Morgan fingerprint density at radius 2 is 2.17 bits per heavy atom. The molecule has 7 nitrogen and oxygen atoms in total. The topological polar surface area (TPSA) is 80.0 Å². The molecule has 0 spiro atoms. The Bertz CT molecular complexity index is 1030. The van der Waals surface area contributed by atoms with E-state index in [1.165, 1.54) is 28.0 Å². The van der Waals surface area contributed by atoms with Gasteiger partial charge >= 0.3 is 5.97 Å². The molecule has 1 atom stereocenters. The Labute approximate surface area is 171 Å². The van der Waals surface area contributed by atoms with Crippen LogP contribution in [0.3, 0.4) is 0 Å². The molecule has 0 bridgehead atoms. The minimum Gasteiger partial charge on any atom is -0.492 e. The van der Waals surface area contributed by atoms with Crippen LogP contribution in [0.1, 0.15) is 42.1 Å². The van der Waals surface area contributed by atoms with Crippen LogP contribution in [0, 0.1) is 18.7 Å². The molecule has 0 radical (unpaired) electrons. The number of ether oxygens (including phenoxy) is 1. The zero-order chi connectivity index (χ0) is 20.5. The van der Waals surface area contributed by atoms with Gasteiger partial charge in [-0.3, -0.25) is 9.69 Å². The van der Waals surface area contributed by atoms with Gasteiger partial charge in [0.1, 0.15) is 11.6 Å². The van der Waals surface area contributed by atoms with Crippen LogP contribution >= 0.6 is 11.3 Å². The molecule has 1 aliphatic rings. The highest BCUT2D eigenvalue weighted by molar-refractivity contribution is 7.17. The van der Waals surface area contributed by atoms with Crippen molar-refractivity contribution in [3.05, 3.63) is 46.3 Å². The summed E-state index contributed by atoms with van der Waals surface area (Å²) in [5, 5.41) is 15.1. The average Bonchev–Trinajstić information content (AvgIpc) is 3.20. The van der Waals surface area contributed by atoms with Gasteiger partial charge in [-0.05, 0) is 57.5 Å². The Kier molecular flexibility index (Phi) is 5.51. The number of aromatic nitrogens is 3. The maximum atomic E-state index is 14.0. The van der Waals surface area contributed by atoms with Crippen molar-refractivity contribution in [2.45, 2.75) is 32.7 Å². The fraction of sp³-hybridized carbons (Fsp3) is 0.450. The predicted octanol–water partition coefficient (Wildman–Crippen LogP) is 3.31. The molecule has 9 heteroatoms. The van der Waals surface area contributed by atoms with E-state index in [1.54, 1.807) is 19.9 Å². The summed E-state index contributed by atoms with van der Waals surface area (Å²) in [4.78, 5) is 19.9. The normalized spacial score (nSPS) is 16.9. The van der Waals surface area contributed by atoms with E-state index in [0.717, 1.165) is 5.56 Å². The Morgan fingerprint density at radius 3 is 2.83 bits per heavy atom. The number of likely N-dealkylation sites (tertiary alicyclic amines) is 1. The van der Waals surface area contributed by atoms with Crippen LogP contribution in [0.5, 0.6) is 5.88 Å². The van der Waals surface area contributed by atoms with Crippen molar-refractivity contribution < 1.29 is 19.0 Å². The summed E-state index contributed by atoms with van der Waals surface area (Å²) in [7, 11) is 0. The zero-order valence-electron chi connectivity index (χ0n) is 16.3. The molecular weight excluding hydrogens is 395 g/mol. The summed E-state index contributed by atoms with van der Waals surface area (Å²) < 4.78 is 20.6. The van der Waals surface area contributed by atoms with Gasteiger partial charge in [0.15, 0.2) is 0 Å². The summed E-state index contributed by atoms with van der Waals surface area (Å²) in [6, 6.07) is 6.07. The van der Waals surface area contributed by atoms with E-state index in [9.17, 15) is 14.3 Å². The van der Waals surface area contributed by atoms with E-state index >= 15 is 0 Å². The molecule has 0 aliphatic carbocycles. The number of aryl methyl sites for hydroxylation is 1. The molecule has 0 unspecified atom stereocenters. The summed E-state index contributed by atoms with van der Waals surface area (Å²) in [6.07, 6.45) is 1.32. The Hall–Kier alpha value is -2.52. The summed E-state index contributed by atoms with van der Waals surface area (Å²) in [5.74, 6) is -0.0174. The van der Waals surface area contributed by atoms with Gasteiger partial charge in [0.05, 0.1) is 23.4 Å². The highest BCUT2D eigenvalue weighted by Gasteiger charge is 2.34. The molecule has 1 N–H and O–H groups in total. The minimum absolute atomic E-state index is 0.0207. The number of piperidine rings is 1. The first-order valence-electron chi connectivity index (χ1n) is 9.69. The molecule has 0 amide bonds. The smallest absolute Gasteiger partial charge is 0.309 e. The highest BCUT2D eigenvalue weighted by atomic mass is 32.1. The molecule has 3 heterocycles. The van der Waals surface area contributed by atoms with Gasteiger partial charge in [0, 0.05) is 0 Å². The summed E-state index contributed by atoms with van der Waals surface area (Å²) in [6.45, 7) is 5.22. The van der Waals surface area contributed by atoms with Gasteiger partial charge in [-0.25, -0.2) is 9.37 Å². The SMILES string of the molecule is CCOC(=O)C1CCN([C@@H](c2cccc(F)c2)c2sc3nc(C)nn3c2O)CC1.